The van der Waals surface area contributed by atoms with Gasteiger partial charge >= 0.3 is 0 Å². The summed E-state index contributed by atoms with van der Waals surface area (Å²) in [5.41, 5.74) is 1.91. The normalized spacial score (nSPS) is 9.92. The maximum Gasteiger partial charge on any atom is 0.227 e. The van der Waals surface area contributed by atoms with Crippen LogP contribution in [0.5, 0.6) is 5.75 Å². The third-order valence-electron chi connectivity index (χ3n) is 3.27. The maximum atomic E-state index is 12.1. The third kappa shape index (κ3) is 6.79. The Hall–Kier alpha value is -1.75. The maximum absolute atomic E-state index is 12.1. The molecule has 2 aromatic carbocycles. The lowest BCUT2D eigenvalue weighted by molar-refractivity contribution is -0.116. The number of rotatable bonds is 8. The van der Waals surface area contributed by atoms with Crippen molar-refractivity contribution < 1.29 is 9.53 Å². The highest BCUT2D eigenvalue weighted by molar-refractivity contribution is 6.30. The molecular weight excluding hydrogens is 347 g/mol. The predicted molar refractivity (Wildman–Crippen MR) is 101 cm³/mol. The van der Waals surface area contributed by atoms with Gasteiger partial charge in [-0.1, -0.05) is 36.7 Å². The number of benzene rings is 2. The van der Waals surface area contributed by atoms with Gasteiger partial charge in [-0.2, -0.15) is 0 Å². The zero-order valence-corrected chi connectivity index (χ0v) is 15.1. The van der Waals surface area contributed by atoms with Gasteiger partial charge in [-0.05, 0) is 42.4 Å². The molecule has 2 aromatic rings. The summed E-state index contributed by atoms with van der Waals surface area (Å²) in [6.07, 6.45) is 0.290. The molecule has 0 saturated heterocycles. The number of ether oxygens (including phenoxy) is 1. The number of para-hydroxylation sites is 1. The van der Waals surface area contributed by atoms with Crippen molar-refractivity contribution in [1.82, 2.24) is 5.32 Å². The second-order valence-electron chi connectivity index (χ2n) is 5.04. The largest absolute Gasteiger partial charge is 0.493 e. The summed E-state index contributed by atoms with van der Waals surface area (Å²) in [5.74, 6) is 0.637. The number of amides is 1. The Balaban J connectivity index is 0.00000288. The van der Waals surface area contributed by atoms with Gasteiger partial charge in [0.2, 0.25) is 5.91 Å². The van der Waals surface area contributed by atoms with Crippen LogP contribution in [0.25, 0.3) is 0 Å². The molecule has 130 valence electrons. The van der Waals surface area contributed by atoms with Gasteiger partial charge in [0, 0.05) is 17.3 Å². The van der Waals surface area contributed by atoms with E-state index in [2.05, 4.69) is 17.6 Å². The molecule has 0 unspecified atom stereocenters. The Morgan fingerprint density at radius 2 is 1.83 bits per heavy atom. The number of nitrogens with one attached hydrogen (secondary N) is 2. The van der Waals surface area contributed by atoms with E-state index in [-0.39, 0.29) is 24.7 Å². The van der Waals surface area contributed by atoms with E-state index in [1.807, 2.05) is 24.3 Å². The van der Waals surface area contributed by atoms with Gasteiger partial charge < -0.3 is 15.4 Å². The lowest BCUT2D eigenvalue weighted by Gasteiger charge is -2.12. The van der Waals surface area contributed by atoms with Crippen molar-refractivity contribution in [3.8, 4) is 5.75 Å². The Kier molecular flexibility index (Phi) is 9.23. The molecule has 4 nitrogen and oxygen atoms in total. The molecule has 1 amide bonds. The first kappa shape index (κ1) is 20.3. The van der Waals surface area contributed by atoms with E-state index in [0.29, 0.717) is 17.4 Å². The van der Waals surface area contributed by atoms with E-state index in [0.717, 1.165) is 24.3 Å². The summed E-state index contributed by atoms with van der Waals surface area (Å²) in [7, 11) is 0. The number of hydrogen-bond donors (Lipinski definition) is 2. The van der Waals surface area contributed by atoms with Gasteiger partial charge in [0.05, 0.1) is 13.0 Å². The monoisotopic (exact) mass is 368 g/mol. The van der Waals surface area contributed by atoms with Crippen molar-refractivity contribution in [3.63, 3.8) is 0 Å². The van der Waals surface area contributed by atoms with Gasteiger partial charge in [-0.25, -0.2) is 0 Å². The first-order valence-corrected chi connectivity index (χ1v) is 8.03. The van der Waals surface area contributed by atoms with Gasteiger partial charge in [-0.15, -0.1) is 12.4 Å². The second-order valence-corrected chi connectivity index (χ2v) is 5.47. The average molecular weight is 369 g/mol. The molecule has 2 N–H and O–H groups in total. The van der Waals surface area contributed by atoms with E-state index in [1.165, 1.54) is 0 Å². The lowest BCUT2D eigenvalue weighted by atomic mass is 10.1. The number of carbonyl (C=O) groups is 1. The smallest absolute Gasteiger partial charge is 0.227 e. The number of halogens is 2. The minimum Gasteiger partial charge on any atom is -0.493 e. The Labute approximate surface area is 154 Å². The molecule has 0 radical (unpaired) electrons. The number of hydrogen-bond acceptors (Lipinski definition) is 3. The SMILES string of the molecule is CCNCc1ccccc1NC(=O)CCOc1ccc(Cl)cc1.Cl. The van der Waals surface area contributed by atoms with Crippen LogP contribution >= 0.6 is 24.0 Å². The molecule has 0 fully saturated rings. The second kappa shape index (κ2) is 10.9. The van der Waals surface area contributed by atoms with Gasteiger partial charge in [-0.3, -0.25) is 4.79 Å². The molecule has 0 aliphatic carbocycles. The van der Waals surface area contributed by atoms with Gasteiger partial charge in [0.1, 0.15) is 5.75 Å². The molecule has 0 saturated carbocycles. The number of anilines is 1. The standard InChI is InChI=1S/C18H21ClN2O2.ClH/c1-2-20-13-14-5-3-4-6-17(14)21-18(22)11-12-23-16-9-7-15(19)8-10-16;/h3-10,20H,2,11-13H2,1H3,(H,21,22);1H. The van der Waals surface area contributed by atoms with E-state index >= 15 is 0 Å². The van der Waals surface area contributed by atoms with Gasteiger partial charge in [0.15, 0.2) is 0 Å². The van der Waals surface area contributed by atoms with Crippen molar-refractivity contribution >= 4 is 35.6 Å². The van der Waals surface area contributed by atoms with Crippen LogP contribution in [0, 0.1) is 0 Å². The lowest BCUT2D eigenvalue weighted by Crippen LogP contribution is -2.18. The quantitative estimate of drug-likeness (QED) is 0.730. The summed E-state index contributed by atoms with van der Waals surface area (Å²) in [6, 6.07) is 14.9. The predicted octanol–water partition coefficient (Wildman–Crippen LogP) is 4.28. The molecule has 0 aromatic heterocycles. The van der Waals surface area contributed by atoms with E-state index in [1.54, 1.807) is 24.3 Å². The van der Waals surface area contributed by atoms with E-state index in [4.69, 9.17) is 16.3 Å². The van der Waals surface area contributed by atoms with Crippen LogP contribution in [0.4, 0.5) is 5.69 Å². The highest BCUT2D eigenvalue weighted by atomic mass is 35.5. The average Bonchev–Trinajstić information content (AvgIpc) is 2.56. The minimum absolute atomic E-state index is 0. The molecule has 24 heavy (non-hydrogen) atoms. The zero-order chi connectivity index (χ0) is 16.5. The fourth-order valence-corrected chi connectivity index (χ4v) is 2.19. The summed E-state index contributed by atoms with van der Waals surface area (Å²) in [5, 5.41) is 6.86. The summed E-state index contributed by atoms with van der Waals surface area (Å²) in [6.45, 7) is 3.99. The molecule has 0 bridgehead atoms. The minimum atomic E-state index is -0.0667. The molecule has 0 heterocycles. The van der Waals surface area contributed by atoms with Crippen LogP contribution < -0.4 is 15.4 Å². The van der Waals surface area contributed by atoms with Crippen LogP contribution in [0.1, 0.15) is 18.9 Å². The van der Waals surface area contributed by atoms with Crippen molar-refractivity contribution in [1.29, 1.82) is 0 Å². The van der Waals surface area contributed by atoms with Crippen LogP contribution in [-0.4, -0.2) is 19.1 Å². The Bertz CT molecular complexity index is 633. The molecule has 0 aliphatic heterocycles. The molecule has 2 rings (SSSR count). The van der Waals surface area contributed by atoms with E-state index in [9.17, 15) is 4.79 Å². The third-order valence-corrected chi connectivity index (χ3v) is 3.52. The number of carbonyl (C=O) groups excluding carboxylic acids is 1. The Morgan fingerprint density at radius 3 is 2.54 bits per heavy atom. The molecule has 0 aliphatic rings. The molecular formula is C18H22Cl2N2O2. The van der Waals surface area contributed by atoms with E-state index < -0.39 is 0 Å². The van der Waals surface area contributed by atoms with Crippen LogP contribution in [-0.2, 0) is 11.3 Å². The van der Waals surface area contributed by atoms with Crippen LogP contribution in [0.15, 0.2) is 48.5 Å². The molecule has 0 atom stereocenters. The van der Waals surface area contributed by atoms with Crippen molar-refractivity contribution in [2.45, 2.75) is 19.9 Å². The fourth-order valence-electron chi connectivity index (χ4n) is 2.06. The molecule has 6 heteroatoms. The first-order valence-electron chi connectivity index (χ1n) is 7.66. The van der Waals surface area contributed by atoms with Gasteiger partial charge in [0.25, 0.3) is 0 Å². The zero-order valence-electron chi connectivity index (χ0n) is 13.5. The van der Waals surface area contributed by atoms with Crippen molar-refractivity contribution in [3.05, 3.63) is 59.1 Å². The summed E-state index contributed by atoms with van der Waals surface area (Å²) in [4.78, 5) is 12.1. The first-order chi connectivity index (χ1) is 11.2. The highest BCUT2D eigenvalue weighted by Crippen LogP contribution is 2.17. The highest BCUT2D eigenvalue weighted by Gasteiger charge is 2.06. The topological polar surface area (TPSA) is 50.4 Å². The summed E-state index contributed by atoms with van der Waals surface area (Å²) >= 11 is 5.81. The van der Waals surface area contributed by atoms with Crippen LogP contribution in [0.2, 0.25) is 5.02 Å². The van der Waals surface area contributed by atoms with Crippen molar-refractivity contribution in [2.24, 2.45) is 0 Å². The van der Waals surface area contributed by atoms with Crippen LogP contribution in [0.3, 0.4) is 0 Å². The summed E-state index contributed by atoms with van der Waals surface area (Å²) < 4.78 is 5.53. The fraction of sp³-hybridized carbons (Fsp3) is 0.278. The van der Waals surface area contributed by atoms with Crippen molar-refractivity contribution in [2.75, 3.05) is 18.5 Å². The molecule has 0 spiro atoms. The Morgan fingerprint density at radius 1 is 1.12 bits per heavy atom.